The maximum Gasteiger partial charge on any atom is 0.134 e. The Morgan fingerprint density at radius 2 is 0.814 bits per heavy atom. The van der Waals surface area contributed by atoms with Crippen LogP contribution in [0.25, 0.3) is 22.3 Å². The van der Waals surface area contributed by atoms with Crippen LogP contribution in [0.4, 0.5) is 0 Å². The van der Waals surface area contributed by atoms with E-state index in [1.807, 2.05) is 0 Å². The molecule has 1 aliphatic heterocycles. The van der Waals surface area contributed by atoms with Gasteiger partial charge < -0.3 is 0 Å². The SMILES string of the molecule is Cc1ccccc1C1CC(=O)CC(c2ccccc2C)P1c1c(-c2c(C)cccc2C)cccc1-c1c(C)cccc1C. The third kappa shape index (κ3) is 5.41. The predicted molar refractivity (Wildman–Crippen MR) is 185 cm³/mol. The van der Waals surface area contributed by atoms with Crippen molar-refractivity contribution < 1.29 is 4.79 Å². The Bertz CT molecular complexity index is 1660. The molecule has 43 heavy (non-hydrogen) atoms. The van der Waals surface area contributed by atoms with Crippen LogP contribution in [-0.4, -0.2) is 5.78 Å². The first-order chi connectivity index (χ1) is 20.8. The molecule has 0 spiro atoms. The fourth-order valence-electron chi connectivity index (χ4n) is 7.38. The molecule has 5 aromatic rings. The summed E-state index contributed by atoms with van der Waals surface area (Å²) in [5.74, 6) is 0.374. The first-order valence-electron chi connectivity index (χ1n) is 15.4. The van der Waals surface area contributed by atoms with Crippen LogP contribution in [0, 0.1) is 41.5 Å². The fraction of sp³-hybridized carbons (Fsp3) is 0.244. The van der Waals surface area contributed by atoms with Crippen molar-refractivity contribution >= 4 is 19.0 Å². The van der Waals surface area contributed by atoms with E-state index in [1.54, 1.807) is 0 Å². The van der Waals surface area contributed by atoms with Crippen LogP contribution >= 0.6 is 7.92 Å². The molecule has 0 aliphatic carbocycles. The zero-order chi connectivity index (χ0) is 30.2. The van der Waals surface area contributed by atoms with Crippen LogP contribution in [0.2, 0.25) is 0 Å². The highest BCUT2D eigenvalue weighted by Gasteiger charge is 2.42. The molecular formula is C41H41OP. The van der Waals surface area contributed by atoms with E-state index in [0.29, 0.717) is 18.6 Å². The lowest BCUT2D eigenvalue weighted by atomic mass is 9.90. The number of benzene rings is 5. The number of rotatable bonds is 5. The minimum atomic E-state index is -0.865. The van der Waals surface area contributed by atoms with E-state index in [-0.39, 0.29) is 11.3 Å². The smallest absolute Gasteiger partial charge is 0.134 e. The molecule has 0 N–H and O–H groups in total. The van der Waals surface area contributed by atoms with Gasteiger partial charge in [-0.25, -0.2) is 0 Å². The molecule has 0 aromatic heterocycles. The number of hydrogen-bond acceptors (Lipinski definition) is 1. The molecular weight excluding hydrogens is 539 g/mol. The van der Waals surface area contributed by atoms with Gasteiger partial charge >= 0.3 is 0 Å². The Balaban J connectivity index is 1.76. The van der Waals surface area contributed by atoms with Crippen molar-refractivity contribution in [3.63, 3.8) is 0 Å². The average molecular weight is 581 g/mol. The highest BCUT2D eigenvalue weighted by atomic mass is 31.1. The number of Topliss-reactive ketones (excluding diaryl/α,β-unsaturated/α-hetero) is 1. The van der Waals surface area contributed by atoms with Gasteiger partial charge in [0.2, 0.25) is 0 Å². The Hall–Kier alpha value is -3.80. The molecule has 2 atom stereocenters. The molecule has 1 fully saturated rings. The summed E-state index contributed by atoms with van der Waals surface area (Å²) in [7, 11) is -0.865. The van der Waals surface area contributed by atoms with E-state index in [0.717, 1.165) is 0 Å². The number of carbonyl (C=O) groups excluding carboxylic acids is 1. The van der Waals surface area contributed by atoms with Crippen LogP contribution in [0.3, 0.4) is 0 Å². The molecule has 0 amide bonds. The number of ketones is 1. The van der Waals surface area contributed by atoms with Crippen LogP contribution < -0.4 is 5.30 Å². The first-order valence-corrected chi connectivity index (χ1v) is 16.9. The largest absolute Gasteiger partial charge is 0.300 e. The highest BCUT2D eigenvalue weighted by molar-refractivity contribution is 7.67. The van der Waals surface area contributed by atoms with Gasteiger partial charge in [-0.3, -0.25) is 4.79 Å². The summed E-state index contributed by atoms with van der Waals surface area (Å²) in [5, 5.41) is 1.45. The van der Waals surface area contributed by atoms with Crippen LogP contribution in [0.1, 0.15) is 68.7 Å². The summed E-state index contributed by atoms with van der Waals surface area (Å²) in [6.07, 6.45) is 1.18. The van der Waals surface area contributed by atoms with Crippen molar-refractivity contribution in [1.29, 1.82) is 0 Å². The van der Waals surface area contributed by atoms with E-state index in [9.17, 15) is 4.79 Å². The normalized spacial score (nSPS) is 18.6. The third-order valence-corrected chi connectivity index (χ3v) is 12.7. The molecule has 1 aliphatic rings. The number of aryl methyl sites for hydroxylation is 6. The molecule has 0 saturated carbocycles. The topological polar surface area (TPSA) is 17.1 Å². The van der Waals surface area contributed by atoms with Gasteiger partial charge in [-0.1, -0.05) is 111 Å². The van der Waals surface area contributed by atoms with Crippen molar-refractivity contribution in [2.24, 2.45) is 0 Å². The lowest BCUT2D eigenvalue weighted by molar-refractivity contribution is -0.119. The van der Waals surface area contributed by atoms with Gasteiger partial charge in [0, 0.05) is 24.2 Å². The maximum atomic E-state index is 13.8. The van der Waals surface area contributed by atoms with Gasteiger partial charge in [0.15, 0.2) is 0 Å². The van der Waals surface area contributed by atoms with E-state index in [1.165, 1.54) is 72.1 Å². The monoisotopic (exact) mass is 580 g/mol. The van der Waals surface area contributed by atoms with Gasteiger partial charge in [-0.05, 0) is 114 Å². The zero-order valence-electron chi connectivity index (χ0n) is 26.2. The Morgan fingerprint density at radius 1 is 0.465 bits per heavy atom. The van der Waals surface area contributed by atoms with Gasteiger partial charge in [0.25, 0.3) is 0 Å². The average Bonchev–Trinajstić information content (AvgIpc) is 2.97. The van der Waals surface area contributed by atoms with Gasteiger partial charge in [0.1, 0.15) is 5.78 Å². The fourth-order valence-corrected chi connectivity index (χ4v) is 11.4. The molecule has 1 nitrogen and oxygen atoms in total. The standard InChI is InChI=1S/C41H41OP/c1-26-14-7-9-20-33(26)37-24-32(42)25-38(34-21-10-8-15-27(34)2)43(37)41-35(39-28(3)16-11-17-29(39)4)22-13-23-36(41)40-30(5)18-12-19-31(40)6/h7-23,37-38H,24-25H2,1-6H3. The molecule has 2 unspecified atom stereocenters. The Kier molecular flexibility index (Phi) is 8.21. The van der Waals surface area contributed by atoms with Gasteiger partial charge in [-0.15, -0.1) is 0 Å². The van der Waals surface area contributed by atoms with Crippen LogP contribution in [0.5, 0.6) is 0 Å². The van der Waals surface area contributed by atoms with E-state index < -0.39 is 7.92 Å². The molecule has 1 heterocycles. The summed E-state index contributed by atoms with van der Waals surface area (Å²) >= 11 is 0. The molecule has 216 valence electrons. The summed E-state index contributed by atoms with van der Waals surface area (Å²) in [5.41, 5.74) is 16.0. The van der Waals surface area contributed by atoms with E-state index >= 15 is 0 Å². The third-order valence-electron chi connectivity index (χ3n) is 9.40. The van der Waals surface area contributed by atoms with Crippen molar-refractivity contribution in [1.82, 2.24) is 0 Å². The second kappa shape index (κ2) is 12.1. The van der Waals surface area contributed by atoms with Crippen LogP contribution in [0.15, 0.2) is 103 Å². The lowest BCUT2D eigenvalue weighted by Gasteiger charge is -2.42. The minimum Gasteiger partial charge on any atom is -0.300 e. The van der Waals surface area contributed by atoms with Crippen molar-refractivity contribution in [2.75, 3.05) is 0 Å². The molecule has 6 rings (SSSR count). The highest BCUT2D eigenvalue weighted by Crippen LogP contribution is 2.68. The van der Waals surface area contributed by atoms with Crippen molar-refractivity contribution in [2.45, 2.75) is 65.7 Å². The van der Waals surface area contributed by atoms with Crippen molar-refractivity contribution in [3.05, 3.63) is 148 Å². The van der Waals surface area contributed by atoms with E-state index in [2.05, 4.69) is 145 Å². The van der Waals surface area contributed by atoms with Gasteiger partial charge in [0.05, 0.1) is 0 Å². The second-order valence-electron chi connectivity index (χ2n) is 12.3. The summed E-state index contributed by atoms with van der Waals surface area (Å²) in [6, 6.07) is 37.8. The van der Waals surface area contributed by atoms with Gasteiger partial charge in [-0.2, -0.15) is 0 Å². The summed E-state index contributed by atoms with van der Waals surface area (Å²) in [4.78, 5) is 13.8. The predicted octanol–water partition coefficient (Wildman–Crippen LogP) is 10.8. The zero-order valence-corrected chi connectivity index (χ0v) is 27.1. The Labute approximate surface area is 258 Å². The number of carbonyl (C=O) groups is 1. The Morgan fingerprint density at radius 3 is 1.21 bits per heavy atom. The van der Waals surface area contributed by atoms with Crippen molar-refractivity contribution in [3.8, 4) is 22.3 Å². The minimum absolute atomic E-state index is 0.135. The molecule has 1 saturated heterocycles. The summed E-state index contributed by atoms with van der Waals surface area (Å²) in [6.45, 7) is 13.4. The first kappa shape index (κ1) is 29.3. The molecule has 2 heteroatoms. The molecule has 0 bridgehead atoms. The molecule has 0 radical (unpaired) electrons. The second-order valence-corrected chi connectivity index (χ2v) is 14.8. The number of hydrogen-bond donors (Lipinski definition) is 0. The van der Waals surface area contributed by atoms with Crippen LogP contribution in [-0.2, 0) is 4.79 Å². The quantitative estimate of drug-likeness (QED) is 0.189. The maximum absolute atomic E-state index is 13.8. The molecule has 5 aromatic carbocycles. The summed E-state index contributed by atoms with van der Waals surface area (Å²) < 4.78 is 0. The lowest BCUT2D eigenvalue weighted by Crippen LogP contribution is -2.27. The van der Waals surface area contributed by atoms with E-state index in [4.69, 9.17) is 0 Å².